The summed E-state index contributed by atoms with van der Waals surface area (Å²) in [5.41, 5.74) is 0.970. The van der Waals surface area contributed by atoms with Crippen LogP contribution in [0, 0.1) is 17.2 Å². The fraction of sp³-hybridized carbons (Fsp3) is 0.227. The van der Waals surface area contributed by atoms with E-state index in [4.69, 9.17) is 21.1 Å². The zero-order chi connectivity index (χ0) is 22.4. The number of methoxy groups -OCH3 is 1. The smallest absolute Gasteiger partial charge is 0.319 e. The summed E-state index contributed by atoms with van der Waals surface area (Å²) in [6.45, 7) is 0.314. The minimum Gasteiger partial charge on any atom is -0.491 e. The Morgan fingerprint density at radius 3 is 2.74 bits per heavy atom. The van der Waals surface area contributed by atoms with Gasteiger partial charge in [0.25, 0.3) is 0 Å². The molecule has 160 valence electrons. The molecule has 0 aliphatic carbocycles. The van der Waals surface area contributed by atoms with Crippen LogP contribution in [0.1, 0.15) is 11.5 Å². The zero-order valence-corrected chi connectivity index (χ0v) is 19.6. The predicted octanol–water partition coefficient (Wildman–Crippen LogP) is 4.65. The molecule has 31 heavy (non-hydrogen) atoms. The summed E-state index contributed by atoms with van der Waals surface area (Å²) < 4.78 is 11.3. The molecule has 1 N–H and O–H groups in total. The Morgan fingerprint density at radius 2 is 2.06 bits per heavy atom. The Balaban J connectivity index is 1.85. The minimum atomic E-state index is -1.15. The van der Waals surface area contributed by atoms with Gasteiger partial charge in [-0.05, 0) is 29.8 Å². The van der Waals surface area contributed by atoms with Gasteiger partial charge in [-0.1, -0.05) is 51.8 Å². The van der Waals surface area contributed by atoms with Crippen LogP contribution in [-0.2, 0) is 14.3 Å². The number of thioether (sulfide) groups is 1. The molecule has 1 aliphatic rings. The van der Waals surface area contributed by atoms with Gasteiger partial charge in [-0.2, -0.15) is 5.26 Å². The molecule has 0 saturated carbocycles. The van der Waals surface area contributed by atoms with Crippen LogP contribution in [0.25, 0.3) is 0 Å². The lowest BCUT2D eigenvalue weighted by Gasteiger charge is -2.31. The van der Waals surface area contributed by atoms with E-state index in [-0.39, 0.29) is 0 Å². The van der Waals surface area contributed by atoms with E-state index in [0.717, 1.165) is 4.47 Å². The molecule has 6 nitrogen and oxygen atoms in total. The van der Waals surface area contributed by atoms with Crippen LogP contribution >= 0.6 is 39.3 Å². The van der Waals surface area contributed by atoms with Crippen LogP contribution in [0.4, 0.5) is 0 Å². The first-order valence-corrected chi connectivity index (χ1v) is 11.4. The van der Waals surface area contributed by atoms with Crippen LogP contribution in [0.2, 0.25) is 5.02 Å². The zero-order valence-electron chi connectivity index (χ0n) is 16.4. The molecule has 9 heteroatoms. The second kappa shape index (κ2) is 10.7. The van der Waals surface area contributed by atoms with Gasteiger partial charge in [0, 0.05) is 16.1 Å². The summed E-state index contributed by atoms with van der Waals surface area (Å²) in [5.74, 6) is -2.09. The first kappa shape index (κ1) is 23.2. The number of para-hydroxylation sites is 1. The van der Waals surface area contributed by atoms with Gasteiger partial charge < -0.3 is 14.8 Å². The maximum atomic E-state index is 12.8. The largest absolute Gasteiger partial charge is 0.491 e. The third-order valence-electron chi connectivity index (χ3n) is 4.62. The number of nitrogens with zero attached hydrogens (tertiary/aromatic N) is 1. The van der Waals surface area contributed by atoms with Crippen molar-refractivity contribution < 1.29 is 19.1 Å². The number of nitriles is 1. The van der Waals surface area contributed by atoms with Crippen LogP contribution in [0.5, 0.6) is 5.75 Å². The van der Waals surface area contributed by atoms with Crippen LogP contribution < -0.4 is 10.1 Å². The van der Waals surface area contributed by atoms with Gasteiger partial charge >= 0.3 is 5.97 Å². The van der Waals surface area contributed by atoms with Crippen molar-refractivity contribution in [3.05, 3.63) is 74.2 Å². The number of amides is 1. The number of nitrogens with one attached hydrogen (secondary N) is 1. The van der Waals surface area contributed by atoms with Crippen LogP contribution in [0.3, 0.4) is 0 Å². The normalized spacial score (nSPS) is 18.2. The average molecular weight is 522 g/mol. The molecule has 2 aromatic carbocycles. The molecular weight excluding hydrogens is 504 g/mol. The van der Waals surface area contributed by atoms with Gasteiger partial charge in [0.05, 0.1) is 35.4 Å². The maximum Gasteiger partial charge on any atom is 0.319 e. The molecule has 0 aromatic heterocycles. The molecule has 1 amide bonds. The van der Waals surface area contributed by atoms with E-state index < -0.39 is 23.7 Å². The number of carbonyl (C=O) groups is 2. The first-order valence-electron chi connectivity index (χ1n) is 9.24. The summed E-state index contributed by atoms with van der Waals surface area (Å²) in [4.78, 5) is 25.2. The number of rotatable bonds is 7. The highest BCUT2D eigenvalue weighted by Crippen LogP contribution is 2.40. The summed E-state index contributed by atoms with van der Waals surface area (Å²) in [7, 11) is 1.22. The fourth-order valence-electron chi connectivity index (χ4n) is 3.24. The molecule has 1 heterocycles. The van der Waals surface area contributed by atoms with Crippen molar-refractivity contribution in [2.45, 2.75) is 5.92 Å². The van der Waals surface area contributed by atoms with Gasteiger partial charge in [0.2, 0.25) is 5.91 Å². The van der Waals surface area contributed by atoms with Crippen molar-refractivity contribution in [2.75, 3.05) is 19.5 Å². The lowest BCUT2D eigenvalue weighted by Crippen LogP contribution is -2.44. The standard InChI is InChI=1S/C22H18BrClN2O4S/c1-29-22(28)19-18(13-5-4-6-14(23)11-13)15(12-25)21(26-20(19)27)31-10-9-30-17-8-3-2-7-16(17)24/h2-8,11,18-19H,9-10H2,1H3,(H,26,27)/t18-,19-/m0/s1. The molecule has 0 unspecified atom stereocenters. The SMILES string of the molecule is COC(=O)[C@@H]1C(=O)NC(SCCOc2ccccc2Cl)=C(C#N)[C@@H]1c1cccc(Br)c1. The van der Waals surface area contributed by atoms with Crippen molar-refractivity contribution in [3.8, 4) is 11.8 Å². The highest BCUT2D eigenvalue weighted by molar-refractivity contribution is 9.10. The molecule has 0 fully saturated rings. The number of allylic oxidation sites excluding steroid dienone is 1. The lowest BCUT2D eigenvalue weighted by molar-refractivity contribution is -0.150. The number of benzene rings is 2. The monoisotopic (exact) mass is 520 g/mol. The molecule has 2 atom stereocenters. The number of carbonyl (C=O) groups excluding carboxylic acids is 2. The van der Waals surface area contributed by atoms with E-state index in [1.54, 1.807) is 30.3 Å². The lowest BCUT2D eigenvalue weighted by atomic mass is 9.78. The van der Waals surface area contributed by atoms with Gasteiger partial charge in [-0.15, -0.1) is 11.8 Å². The van der Waals surface area contributed by atoms with Crippen molar-refractivity contribution in [3.63, 3.8) is 0 Å². The van der Waals surface area contributed by atoms with Crippen LogP contribution in [0.15, 0.2) is 63.6 Å². The Kier molecular flexibility index (Phi) is 8.02. The predicted molar refractivity (Wildman–Crippen MR) is 123 cm³/mol. The average Bonchev–Trinajstić information content (AvgIpc) is 2.76. The third-order valence-corrected chi connectivity index (χ3v) is 6.40. The van der Waals surface area contributed by atoms with Crippen molar-refractivity contribution in [1.29, 1.82) is 5.26 Å². The van der Waals surface area contributed by atoms with E-state index in [1.165, 1.54) is 18.9 Å². The summed E-state index contributed by atoms with van der Waals surface area (Å²) in [6.07, 6.45) is 0. The van der Waals surface area contributed by atoms with Crippen molar-refractivity contribution in [2.24, 2.45) is 5.92 Å². The summed E-state index contributed by atoms with van der Waals surface area (Å²) in [6, 6.07) is 16.5. The second-order valence-electron chi connectivity index (χ2n) is 6.50. The Hall–Kier alpha value is -2.47. The number of esters is 1. The van der Waals surface area contributed by atoms with Gasteiger partial charge in [-0.25, -0.2) is 0 Å². The van der Waals surface area contributed by atoms with E-state index in [0.29, 0.717) is 39.3 Å². The number of ether oxygens (including phenoxy) is 2. The summed E-state index contributed by atoms with van der Waals surface area (Å²) >= 11 is 10.8. The molecular formula is C22H18BrClN2O4S. The van der Waals surface area contributed by atoms with E-state index in [2.05, 4.69) is 27.3 Å². The van der Waals surface area contributed by atoms with Gasteiger partial charge in [0.1, 0.15) is 11.7 Å². The van der Waals surface area contributed by atoms with Gasteiger partial charge in [-0.3, -0.25) is 9.59 Å². The summed E-state index contributed by atoms with van der Waals surface area (Å²) in [5, 5.41) is 13.5. The minimum absolute atomic E-state index is 0.302. The van der Waals surface area contributed by atoms with E-state index >= 15 is 0 Å². The van der Waals surface area contributed by atoms with Crippen LogP contribution in [-0.4, -0.2) is 31.3 Å². The highest BCUT2D eigenvalue weighted by atomic mass is 79.9. The molecule has 3 rings (SSSR count). The van der Waals surface area contributed by atoms with Crippen molar-refractivity contribution >= 4 is 51.2 Å². The Bertz CT molecular complexity index is 1070. The van der Waals surface area contributed by atoms with E-state index in [9.17, 15) is 14.9 Å². The number of hydrogen-bond donors (Lipinski definition) is 1. The highest BCUT2D eigenvalue weighted by Gasteiger charge is 2.44. The van der Waals surface area contributed by atoms with Crippen molar-refractivity contribution in [1.82, 2.24) is 5.32 Å². The Labute approximate surface area is 197 Å². The molecule has 0 radical (unpaired) electrons. The first-order chi connectivity index (χ1) is 15.0. The number of hydrogen-bond acceptors (Lipinski definition) is 6. The van der Waals surface area contributed by atoms with E-state index in [1.807, 2.05) is 18.2 Å². The molecule has 0 saturated heterocycles. The topological polar surface area (TPSA) is 88.4 Å². The quantitative estimate of drug-likeness (QED) is 0.324. The van der Waals surface area contributed by atoms with Gasteiger partial charge in [0.15, 0.2) is 0 Å². The number of halogens is 2. The fourth-order valence-corrected chi connectivity index (χ4v) is 4.72. The molecule has 0 spiro atoms. The maximum absolute atomic E-state index is 12.8. The Morgan fingerprint density at radius 1 is 1.29 bits per heavy atom. The molecule has 2 aromatic rings. The third kappa shape index (κ3) is 5.42. The second-order valence-corrected chi connectivity index (χ2v) is 8.93. The molecule has 1 aliphatic heterocycles. The molecule has 0 bridgehead atoms.